The molecule has 0 amide bonds. The Morgan fingerprint density at radius 1 is 1.20 bits per heavy atom. The number of nitrogens with zero attached hydrogens (tertiary/aromatic N) is 3. The fourth-order valence-corrected chi connectivity index (χ4v) is 3.91. The molecule has 9 heteroatoms. The molecule has 2 aliphatic rings. The number of fused-ring (bicyclic) bond motifs is 1. The van der Waals surface area contributed by atoms with Crippen LogP contribution in [0, 0.1) is 17.5 Å². The van der Waals surface area contributed by atoms with Crippen LogP contribution >= 0.6 is 23.3 Å². The first kappa shape index (κ1) is 16.2. The van der Waals surface area contributed by atoms with E-state index < -0.39 is 17.5 Å². The van der Waals surface area contributed by atoms with Crippen LogP contribution in [-0.4, -0.2) is 27.5 Å². The molecule has 1 N–H and O–H groups in total. The second-order valence-corrected chi connectivity index (χ2v) is 7.29. The van der Waals surface area contributed by atoms with Gasteiger partial charge in [0.1, 0.15) is 0 Å². The number of aliphatic imine (C=N–C) groups is 1. The SMILES string of the molecule is Fc1ccc(NC2=NCC(=CN3C=c4cnsc4=CC3)S2)c(F)c1F. The van der Waals surface area contributed by atoms with Gasteiger partial charge in [-0.05, 0) is 29.7 Å². The van der Waals surface area contributed by atoms with Crippen molar-refractivity contribution in [3.05, 3.63) is 56.6 Å². The quantitative estimate of drug-likeness (QED) is 0.813. The van der Waals surface area contributed by atoms with Gasteiger partial charge in [-0.15, -0.1) is 0 Å². The minimum absolute atomic E-state index is 0.141. The Balaban J connectivity index is 1.46. The molecule has 2 aromatic rings. The minimum atomic E-state index is -1.50. The van der Waals surface area contributed by atoms with E-state index >= 15 is 0 Å². The lowest BCUT2D eigenvalue weighted by atomic mass is 10.3. The minimum Gasteiger partial charge on any atom is -0.349 e. The molecular formula is C16H11F3N4S2. The predicted molar refractivity (Wildman–Crippen MR) is 94.9 cm³/mol. The molecule has 25 heavy (non-hydrogen) atoms. The fraction of sp³-hybridized carbons (Fsp3) is 0.125. The third-order valence-electron chi connectivity index (χ3n) is 3.61. The summed E-state index contributed by atoms with van der Waals surface area (Å²) in [4.78, 5) is 7.25. The molecule has 0 spiro atoms. The molecule has 4 nitrogen and oxygen atoms in total. The summed E-state index contributed by atoms with van der Waals surface area (Å²) >= 11 is 2.79. The number of hydrogen-bond donors (Lipinski definition) is 1. The zero-order chi connectivity index (χ0) is 17.4. The van der Waals surface area contributed by atoms with Gasteiger partial charge in [-0.2, -0.15) is 4.37 Å². The number of thioether (sulfide) groups is 1. The number of amidine groups is 1. The fourth-order valence-electron chi connectivity index (χ4n) is 2.41. The van der Waals surface area contributed by atoms with Crippen molar-refractivity contribution in [1.29, 1.82) is 0 Å². The molecule has 0 saturated heterocycles. The molecular weight excluding hydrogens is 369 g/mol. The van der Waals surface area contributed by atoms with Crippen molar-refractivity contribution in [3.8, 4) is 0 Å². The van der Waals surface area contributed by atoms with Gasteiger partial charge in [0.25, 0.3) is 0 Å². The second-order valence-electron chi connectivity index (χ2n) is 5.34. The highest BCUT2D eigenvalue weighted by molar-refractivity contribution is 8.17. The number of nitrogens with one attached hydrogen (secondary N) is 1. The molecule has 0 unspecified atom stereocenters. The lowest BCUT2D eigenvalue weighted by Gasteiger charge is -2.16. The highest BCUT2D eigenvalue weighted by Gasteiger charge is 2.18. The third kappa shape index (κ3) is 3.29. The van der Waals surface area contributed by atoms with E-state index in [1.165, 1.54) is 23.3 Å². The van der Waals surface area contributed by atoms with Gasteiger partial charge in [-0.3, -0.25) is 4.99 Å². The first-order valence-corrected chi connectivity index (χ1v) is 8.91. The third-order valence-corrected chi connectivity index (χ3v) is 5.34. The Morgan fingerprint density at radius 3 is 2.96 bits per heavy atom. The van der Waals surface area contributed by atoms with Crippen molar-refractivity contribution >= 4 is 46.4 Å². The summed E-state index contributed by atoms with van der Waals surface area (Å²) in [6.45, 7) is 1.18. The molecule has 0 atom stereocenters. The number of benzene rings is 1. The number of hydrogen-bond acceptors (Lipinski definition) is 6. The standard InChI is InChI=1S/C16H11F3N4S2/c17-11-1-2-12(15(19)14(11)18)22-16-20-6-10(24-16)8-23-4-3-13-9(7-23)5-21-25-13/h1-3,5,7-8H,4,6H2,(H,20,22). The van der Waals surface area contributed by atoms with E-state index in [9.17, 15) is 13.2 Å². The van der Waals surface area contributed by atoms with E-state index in [2.05, 4.69) is 20.8 Å². The Hall–Kier alpha value is -2.26. The summed E-state index contributed by atoms with van der Waals surface area (Å²) in [7, 11) is 0. The van der Waals surface area contributed by atoms with Crippen molar-refractivity contribution in [2.24, 2.45) is 4.99 Å². The van der Waals surface area contributed by atoms with Gasteiger partial charge in [0.05, 0.1) is 16.8 Å². The molecule has 0 fully saturated rings. The van der Waals surface area contributed by atoms with Gasteiger partial charge in [-0.1, -0.05) is 11.8 Å². The maximum Gasteiger partial charge on any atom is 0.196 e. The Labute approximate surface area is 149 Å². The zero-order valence-electron chi connectivity index (χ0n) is 12.7. The summed E-state index contributed by atoms with van der Waals surface area (Å²) in [5, 5.41) is 4.21. The molecule has 1 aromatic carbocycles. The number of halogens is 3. The van der Waals surface area contributed by atoms with E-state index in [1.54, 1.807) is 0 Å². The van der Waals surface area contributed by atoms with E-state index in [0.29, 0.717) is 11.7 Å². The van der Waals surface area contributed by atoms with Crippen LogP contribution in [0.1, 0.15) is 0 Å². The van der Waals surface area contributed by atoms with Crippen molar-refractivity contribution in [2.45, 2.75) is 0 Å². The lowest BCUT2D eigenvalue weighted by Crippen LogP contribution is -2.29. The summed E-state index contributed by atoms with van der Waals surface area (Å²) in [5.41, 5.74) is -0.141. The summed E-state index contributed by atoms with van der Waals surface area (Å²) in [6, 6.07) is 2.03. The van der Waals surface area contributed by atoms with Gasteiger partial charge in [-0.25, -0.2) is 13.2 Å². The first-order chi connectivity index (χ1) is 12.1. The van der Waals surface area contributed by atoms with Crippen molar-refractivity contribution in [1.82, 2.24) is 9.27 Å². The molecule has 0 saturated carbocycles. The Morgan fingerprint density at radius 2 is 2.08 bits per heavy atom. The highest BCUT2D eigenvalue weighted by Crippen LogP contribution is 2.28. The highest BCUT2D eigenvalue weighted by atomic mass is 32.2. The topological polar surface area (TPSA) is 40.5 Å². The lowest BCUT2D eigenvalue weighted by molar-refractivity contribution is 0.449. The Kier molecular flexibility index (Phi) is 4.26. The smallest absolute Gasteiger partial charge is 0.196 e. The molecule has 3 heterocycles. The van der Waals surface area contributed by atoms with Crippen LogP contribution in [0.5, 0.6) is 0 Å². The van der Waals surface area contributed by atoms with E-state index in [0.717, 1.165) is 33.3 Å². The van der Waals surface area contributed by atoms with Gasteiger partial charge in [0.15, 0.2) is 22.6 Å². The molecule has 0 bridgehead atoms. The van der Waals surface area contributed by atoms with Crippen molar-refractivity contribution in [2.75, 3.05) is 18.4 Å². The van der Waals surface area contributed by atoms with Crippen LogP contribution < -0.4 is 15.1 Å². The Bertz CT molecular complexity index is 1010. The summed E-state index contributed by atoms with van der Waals surface area (Å²) < 4.78 is 45.3. The van der Waals surface area contributed by atoms with Crippen molar-refractivity contribution in [3.63, 3.8) is 0 Å². The predicted octanol–water partition coefficient (Wildman–Crippen LogP) is 2.45. The maximum atomic E-state index is 13.7. The maximum absolute atomic E-state index is 13.7. The van der Waals surface area contributed by atoms with Crippen LogP contribution in [0.3, 0.4) is 0 Å². The van der Waals surface area contributed by atoms with Crippen LogP contribution in [0.2, 0.25) is 0 Å². The van der Waals surface area contributed by atoms with Gasteiger partial charge < -0.3 is 10.2 Å². The average molecular weight is 380 g/mol. The van der Waals surface area contributed by atoms with Crippen LogP contribution in [0.4, 0.5) is 18.9 Å². The van der Waals surface area contributed by atoms with Gasteiger partial charge in [0, 0.05) is 35.3 Å². The van der Waals surface area contributed by atoms with E-state index in [1.807, 2.05) is 23.5 Å². The summed E-state index contributed by atoms with van der Waals surface area (Å²) in [6.07, 6.45) is 7.88. The molecule has 4 rings (SSSR count). The molecule has 128 valence electrons. The number of anilines is 1. The zero-order valence-corrected chi connectivity index (χ0v) is 14.3. The van der Waals surface area contributed by atoms with Crippen LogP contribution in [-0.2, 0) is 0 Å². The molecule has 0 aliphatic carbocycles. The normalized spacial score (nSPS) is 17.8. The second kappa shape index (κ2) is 6.57. The summed E-state index contributed by atoms with van der Waals surface area (Å²) in [5.74, 6) is -3.97. The monoisotopic (exact) mass is 380 g/mol. The molecule has 1 aromatic heterocycles. The number of rotatable bonds is 2. The molecule has 0 radical (unpaired) electrons. The van der Waals surface area contributed by atoms with E-state index in [-0.39, 0.29) is 5.69 Å². The first-order valence-electron chi connectivity index (χ1n) is 7.32. The average Bonchev–Trinajstić information content (AvgIpc) is 3.24. The molecule has 2 aliphatic heterocycles. The van der Waals surface area contributed by atoms with E-state index in [4.69, 9.17) is 0 Å². The largest absolute Gasteiger partial charge is 0.349 e. The van der Waals surface area contributed by atoms with Crippen LogP contribution in [0.15, 0.2) is 34.4 Å². The van der Waals surface area contributed by atoms with Crippen LogP contribution in [0.25, 0.3) is 12.3 Å². The van der Waals surface area contributed by atoms with Crippen molar-refractivity contribution < 1.29 is 13.2 Å². The number of aromatic nitrogens is 1. The van der Waals surface area contributed by atoms with Gasteiger partial charge in [0.2, 0.25) is 0 Å². The van der Waals surface area contributed by atoms with Gasteiger partial charge >= 0.3 is 0 Å².